The summed E-state index contributed by atoms with van der Waals surface area (Å²) in [6.45, 7) is 0. The number of hydrogen-bond acceptors (Lipinski definition) is 4. The summed E-state index contributed by atoms with van der Waals surface area (Å²) in [6, 6.07) is 17.5. The van der Waals surface area contributed by atoms with Gasteiger partial charge in [0.15, 0.2) is 0 Å². The maximum Gasteiger partial charge on any atom is 0.233 e. The van der Waals surface area contributed by atoms with E-state index in [0.29, 0.717) is 12.1 Å². The third-order valence-electron chi connectivity index (χ3n) is 3.42. The van der Waals surface area contributed by atoms with Gasteiger partial charge in [0.1, 0.15) is 11.4 Å². The Labute approximate surface area is 129 Å². The van der Waals surface area contributed by atoms with Crippen molar-refractivity contribution in [2.24, 2.45) is 0 Å². The SMILES string of the molecule is COc1ccc(-c2cnc(O)c(Cc3ccccc3)n2)cc1. The van der Waals surface area contributed by atoms with Gasteiger partial charge in [-0.15, -0.1) is 0 Å². The second-order valence-electron chi connectivity index (χ2n) is 4.92. The molecule has 0 aliphatic rings. The summed E-state index contributed by atoms with van der Waals surface area (Å²) in [5, 5.41) is 9.93. The monoisotopic (exact) mass is 292 g/mol. The second-order valence-corrected chi connectivity index (χ2v) is 4.92. The molecule has 110 valence electrons. The Morgan fingerprint density at radius 3 is 2.41 bits per heavy atom. The van der Waals surface area contributed by atoms with Gasteiger partial charge in [0, 0.05) is 12.0 Å². The molecule has 3 aromatic rings. The van der Waals surface area contributed by atoms with Crippen molar-refractivity contribution < 1.29 is 9.84 Å². The van der Waals surface area contributed by atoms with E-state index in [-0.39, 0.29) is 5.88 Å². The van der Waals surface area contributed by atoms with Gasteiger partial charge in [-0.3, -0.25) is 0 Å². The molecule has 3 rings (SSSR count). The van der Waals surface area contributed by atoms with Crippen molar-refractivity contribution >= 4 is 0 Å². The third-order valence-corrected chi connectivity index (χ3v) is 3.42. The van der Waals surface area contributed by atoms with E-state index in [4.69, 9.17) is 4.74 Å². The van der Waals surface area contributed by atoms with E-state index >= 15 is 0 Å². The molecule has 4 heteroatoms. The summed E-state index contributed by atoms with van der Waals surface area (Å²) < 4.78 is 5.15. The molecule has 0 atom stereocenters. The minimum absolute atomic E-state index is 0.0267. The number of aromatic hydroxyl groups is 1. The summed E-state index contributed by atoms with van der Waals surface area (Å²) in [4.78, 5) is 8.60. The fourth-order valence-electron chi connectivity index (χ4n) is 2.23. The highest BCUT2D eigenvalue weighted by atomic mass is 16.5. The summed E-state index contributed by atoms with van der Waals surface area (Å²) in [6.07, 6.45) is 2.12. The van der Waals surface area contributed by atoms with Crippen molar-refractivity contribution in [2.45, 2.75) is 6.42 Å². The van der Waals surface area contributed by atoms with Crippen molar-refractivity contribution in [3.63, 3.8) is 0 Å². The van der Waals surface area contributed by atoms with Gasteiger partial charge in [0.25, 0.3) is 0 Å². The van der Waals surface area contributed by atoms with Crippen molar-refractivity contribution in [3.8, 4) is 22.9 Å². The fraction of sp³-hybridized carbons (Fsp3) is 0.111. The van der Waals surface area contributed by atoms with Gasteiger partial charge in [-0.25, -0.2) is 9.97 Å². The van der Waals surface area contributed by atoms with Gasteiger partial charge in [0.2, 0.25) is 5.88 Å². The quantitative estimate of drug-likeness (QED) is 0.800. The summed E-state index contributed by atoms with van der Waals surface area (Å²) in [7, 11) is 1.63. The molecule has 0 fully saturated rings. The summed E-state index contributed by atoms with van der Waals surface area (Å²) >= 11 is 0. The van der Waals surface area contributed by atoms with E-state index in [1.807, 2.05) is 54.6 Å². The van der Waals surface area contributed by atoms with Crippen LogP contribution in [-0.4, -0.2) is 22.2 Å². The van der Waals surface area contributed by atoms with Gasteiger partial charge in [0.05, 0.1) is 19.0 Å². The van der Waals surface area contributed by atoms with Crippen molar-refractivity contribution in [1.29, 1.82) is 0 Å². The molecule has 2 aromatic carbocycles. The molecule has 0 bridgehead atoms. The molecule has 0 spiro atoms. The smallest absolute Gasteiger partial charge is 0.233 e. The molecular weight excluding hydrogens is 276 g/mol. The Balaban J connectivity index is 1.91. The molecule has 0 aliphatic carbocycles. The molecule has 0 unspecified atom stereocenters. The maximum absolute atomic E-state index is 9.93. The maximum atomic E-state index is 9.93. The predicted molar refractivity (Wildman–Crippen MR) is 84.9 cm³/mol. The minimum Gasteiger partial charge on any atom is -0.497 e. The van der Waals surface area contributed by atoms with Gasteiger partial charge in [-0.05, 0) is 29.8 Å². The van der Waals surface area contributed by atoms with Crippen LogP contribution in [0.25, 0.3) is 11.3 Å². The van der Waals surface area contributed by atoms with Crippen LogP contribution in [0.1, 0.15) is 11.3 Å². The highest BCUT2D eigenvalue weighted by Gasteiger charge is 2.09. The fourth-order valence-corrected chi connectivity index (χ4v) is 2.23. The Bertz CT molecular complexity index is 756. The van der Waals surface area contributed by atoms with Crippen molar-refractivity contribution in [1.82, 2.24) is 9.97 Å². The Hall–Kier alpha value is -2.88. The number of hydrogen-bond donors (Lipinski definition) is 1. The van der Waals surface area contributed by atoms with Crippen LogP contribution < -0.4 is 4.74 Å². The molecule has 0 aliphatic heterocycles. The molecule has 1 N–H and O–H groups in total. The van der Waals surface area contributed by atoms with Crippen LogP contribution in [0.15, 0.2) is 60.8 Å². The number of aromatic nitrogens is 2. The molecule has 0 amide bonds. The van der Waals surface area contributed by atoms with Gasteiger partial charge in [-0.1, -0.05) is 30.3 Å². The van der Waals surface area contributed by atoms with E-state index in [2.05, 4.69) is 9.97 Å². The largest absolute Gasteiger partial charge is 0.497 e. The van der Waals surface area contributed by atoms with Crippen LogP contribution >= 0.6 is 0 Å². The van der Waals surface area contributed by atoms with Crippen molar-refractivity contribution in [2.75, 3.05) is 7.11 Å². The topological polar surface area (TPSA) is 55.2 Å². The standard InChI is InChI=1S/C18H16N2O2/c1-22-15-9-7-14(8-10-15)17-12-19-18(21)16(20-17)11-13-5-3-2-4-6-13/h2-10,12H,11H2,1H3,(H,19,21). The zero-order valence-electron chi connectivity index (χ0n) is 12.2. The highest BCUT2D eigenvalue weighted by Crippen LogP contribution is 2.23. The molecule has 22 heavy (non-hydrogen) atoms. The van der Waals surface area contributed by atoms with Gasteiger partial charge in [-0.2, -0.15) is 0 Å². The van der Waals surface area contributed by atoms with E-state index in [1.54, 1.807) is 13.3 Å². The zero-order valence-corrected chi connectivity index (χ0v) is 12.2. The molecule has 1 heterocycles. The lowest BCUT2D eigenvalue weighted by molar-refractivity contribution is 0.415. The lowest BCUT2D eigenvalue weighted by Gasteiger charge is -2.07. The molecule has 1 aromatic heterocycles. The molecule has 0 radical (unpaired) electrons. The van der Waals surface area contributed by atoms with Crippen LogP contribution in [0.5, 0.6) is 11.6 Å². The lowest BCUT2D eigenvalue weighted by Crippen LogP contribution is -1.97. The Morgan fingerprint density at radius 1 is 1.00 bits per heavy atom. The Morgan fingerprint density at radius 2 is 1.73 bits per heavy atom. The van der Waals surface area contributed by atoms with Crippen LogP contribution in [0.4, 0.5) is 0 Å². The molecule has 4 nitrogen and oxygen atoms in total. The number of benzene rings is 2. The van der Waals surface area contributed by atoms with Gasteiger partial charge < -0.3 is 9.84 Å². The van der Waals surface area contributed by atoms with E-state index in [9.17, 15) is 5.11 Å². The van der Waals surface area contributed by atoms with Crippen LogP contribution in [-0.2, 0) is 6.42 Å². The van der Waals surface area contributed by atoms with Crippen LogP contribution in [0.2, 0.25) is 0 Å². The first-order valence-corrected chi connectivity index (χ1v) is 6.99. The second kappa shape index (κ2) is 6.26. The number of rotatable bonds is 4. The van der Waals surface area contributed by atoms with E-state index < -0.39 is 0 Å². The number of ether oxygens (including phenoxy) is 1. The number of methoxy groups -OCH3 is 1. The minimum atomic E-state index is -0.0267. The molecule has 0 saturated carbocycles. The van der Waals surface area contributed by atoms with Gasteiger partial charge >= 0.3 is 0 Å². The number of nitrogens with zero attached hydrogens (tertiary/aromatic N) is 2. The summed E-state index contributed by atoms with van der Waals surface area (Å²) in [5.74, 6) is 0.765. The molecular formula is C18H16N2O2. The van der Waals surface area contributed by atoms with Crippen LogP contribution in [0.3, 0.4) is 0 Å². The molecule has 0 saturated heterocycles. The predicted octanol–water partition coefficient (Wildman–Crippen LogP) is 3.45. The first-order chi connectivity index (χ1) is 10.8. The average Bonchev–Trinajstić information content (AvgIpc) is 2.58. The van der Waals surface area contributed by atoms with E-state index in [1.165, 1.54) is 0 Å². The summed E-state index contributed by atoms with van der Waals surface area (Å²) in [5.41, 5.74) is 3.31. The van der Waals surface area contributed by atoms with Crippen LogP contribution in [0, 0.1) is 0 Å². The zero-order chi connectivity index (χ0) is 15.4. The highest BCUT2D eigenvalue weighted by molar-refractivity contribution is 5.59. The van der Waals surface area contributed by atoms with Crippen molar-refractivity contribution in [3.05, 3.63) is 72.1 Å². The third kappa shape index (κ3) is 3.06. The first kappa shape index (κ1) is 14.1. The first-order valence-electron chi connectivity index (χ1n) is 6.99. The van der Waals surface area contributed by atoms with E-state index in [0.717, 1.165) is 22.6 Å². The lowest BCUT2D eigenvalue weighted by atomic mass is 10.1. The Kier molecular flexibility index (Phi) is 4.01. The normalized spacial score (nSPS) is 10.4. The average molecular weight is 292 g/mol.